The van der Waals surface area contributed by atoms with E-state index in [-0.39, 0.29) is 22.9 Å². The predicted octanol–water partition coefficient (Wildman–Crippen LogP) is 2.44. The number of ketones is 2. The summed E-state index contributed by atoms with van der Waals surface area (Å²) in [6.07, 6.45) is 4.13. The van der Waals surface area contributed by atoms with Gasteiger partial charge in [-0.2, -0.15) is 0 Å². The van der Waals surface area contributed by atoms with E-state index in [1.165, 1.54) is 11.1 Å². The van der Waals surface area contributed by atoms with Gasteiger partial charge in [-0.15, -0.1) is 0 Å². The van der Waals surface area contributed by atoms with Crippen LogP contribution in [0.1, 0.15) is 36.8 Å². The van der Waals surface area contributed by atoms with Gasteiger partial charge in [0.15, 0.2) is 0 Å². The number of benzene rings is 1. The summed E-state index contributed by atoms with van der Waals surface area (Å²) in [6, 6.07) is 8.53. The Bertz CT molecular complexity index is 560. The van der Waals surface area contributed by atoms with Gasteiger partial charge < -0.3 is 0 Å². The van der Waals surface area contributed by atoms with Crippen molar-refractivity contribution in [1.82, 2.24) is 0 Å². The largest absolute Gasteiger partial charge is 0.299 e. The predicted molar refractivity (Wildman–Crippen MR) is 67.3 cm³/mol. The zero-order chi connectivity index (χ0) is 12.3. The van der Waals surface area contributed by atoms with E-state index in [2.05, 4.69) is 24.3 Å². The van der Waals surface area contributed by atoms with Crippen LogP contribution in [0.3, 0.4) is 0 Å². The van der Waals surface area contributed by atoms with Crippen molar-refractivity contribution < 1.29 is 9.59 Å². The number of hydrogen-bond acceptors (Lipinski definition) is 2. The van der Waals surface area contributed by atoms with E-state index in [0.717, 1.165) is 19.3 Å². The minimum absolute atomic E-state index is 0.00447. The molecule has 2 saturated carbocycles. The number of carbonyl (C=O) groups is 2. The highest BCUT2D eigenvalue weighted by molar-refractivity contribution is 6.06. The van der Waals surface area contributed by atoms with Gasteiger partial charge in [-0.3, -0.25) is 9.59 Å². The monoisotopic (exact) mass is 240 g/mol. The van der Waals surface area contributed by atoms with Crippen LogP contribution < -0.4 is 0 Å². The SMILES string of the molecule is O=C1CC[C@@]23CC(=O)C1[C@H]2CCc1ccccc13. The fraction of sp³-hybridized carbons (Fsp3) is 0.500. The molecule has 0 radical (unpaired) electrons. The molecule has 3 aliphatic carbocycles. The van der Waals surface area contributed by atoms with Gasteiger partial charge in [0.2, 0.25) is 0 Å². The van der Waals surface area contributed by atoms with Crippen molar-refractivity contribution >= 4 is 11.6 Å². The molecule has 18 heavy (non-hydrogen) atoms. The molecule has 1 aromatic rings. The zero-order valence-electron chi connectivity index (χ0n) is 10.3. The van der Waals surface area contributed by atoms with Gasteiger partial charge >= 0.3 is 0 Å². The lowest BCUT2D eigenvalue weighted by atomic mass is 9.58. The summed E-state index contributed by atoms with van der Waals surface area (Å²) in [7, 11) is 0. The number of fused-ring (bicyclic) bond motifs is 1. The second-order valence-corrected chi connectivity index (χ2v) is 6.05. The molecular weight excluding hydrogens is 224 g/mol. The Balaban J connectivity index is 1.93. The molecule has 0 amide bonds. The van der Waals surface area contributed by atoms with Crippen LogP contribution in [0.5, 0.6) is 0 Å². The van der Waals surface area contributed by atoms with E-state index < -0.39 is 0 Å². The van der Waals surface area contributed by atoms with E-state index in [9.17, 15) is 9.59 Å². The second kappa shape index (κ2) is 3.31. The maximum Gasteiger partial charge on any atom is 0.144 e. The Morgan fingerprint density at radius 1 is 1.06 bits per heavy atom. The van der Waals surface area contributed by atoms with Gasteiger partial charge in [0.05, 0.1) is 5.92 Å². The second-order valence-electron chi connectivity index (χ2n) is 6.05. The summed E-state index contributed by atoms with van der Waals surface area (Å²) in [6.45, 7) is 0. The fourth-order valence-corrected chi connectivity index (χ4v) is 4.68. The number of carbonyl (C=O) groups excluding carboxylic acids is 2. The van der Waals surface area contributed by atoms with Crippen LogP contribution in [0.15, 0.2) is 24.3 Å². The van der Waals surface area contributed by atoms with Crippen LogP contribution in [0.4, 0.5) is 0 Å². The molecule has 2 bridgehead atoms. The van der Waals surface area contributed by atoms with Crippen molar-refractivity contribution in [1.29, 1.82) is 0 Å². The van der Waals surface area contributed by atoms with E-state index in [4.69, 9.17) is 0 Å². The number of aryl methyl sites for hydroxylation is 1. The van der Waals surface area contributed by atoms with Crippen LogP contribution in [0, 0.1) is 11.8 Å². The maximum atomic E-state index is 12.2. The molecule has 2 heteroatoms. The molecule has 3 aliphatic rings. The minimum Gasteiger partial charge on any atom is -0.299 e. The van der Waals surface area contributed by atoms with Crippen LogP contribution in [-0.2, 0) is 21.4 Å². The van der Waals surface area contributed by atoms with E-state index in [0.29, 0.717) is 18.8 Å². The highest BCUT2D eigenvalue weighted by Gasteiger charge is 2.60. The van der Waals surface area contributed by atoms with Crippen molar-refractivity contribution in [2.75, 3.05) is 0 Å². The average Bonchev–Trinajstić information content (AvgIpc) is 2.62. The van der Waals surface area contributed by atoms with Gasteiger partial charge in [-0.1, -0.05) is 24.3 Å². The van der Waals surface area contributed by atoms with E-state index >= 15 is 0 Å². The third-order valence-corrected chi connectivity index (χ3v) is 5.39. The molecule has 1 unspecified atom stereocenters. The Morgan fingerprint density at radius 3 is 2.78 bits per heavy atom. The van der Waals surface area contributed by atoms with Crippen molar-refractivity contribution in [2.45, 2.75) is 37.5 Å². The first-order valence-corrected chi connectivity index (χ1v) is 6.86. The van der Waals surface area contributed by atoms with Gasteiger partial charge in [-0.05, 0) is 36.3 Å². The fourth-order valence-electron chi connectivity index (χ4n) is 4.68. The molecule has 0 spiro atoms. The third-order valence-electron chi connectivity index (χ3n) is 5.39. The van der Waals surface area contributed by atoms with Crippen molar-refractivity contribution in [2.24, 2.45) is 11.8 Å². The molecule has 2 fully saturated rings. The van der Waals surface area contributed by atoms with Gasteiger partial charge in [0, 0.05) is 18.3 Å². The smallest absolute Gasteiger partial charge is 0.144 e. The molecule has 3 atom stereocenters. The first-order valence-electron chi connectivity index (χ1n) is 6.86. The first-order chi connectivity index (χ1) is 8.72. The number of rotatable bonds is 0. The van der Waals surface area contributed by atoms with Gasteiger partial charge in [0.1, 0.15) is 11.6 Å². The van der Waals surface area contributed by atoms with E-state index in [1.54, 1.807) is 0 Å². The summed E-state index contributed by atoms with van der Waals surface area (Å²) in [5, 5.41) is 0. The normalized spacial score (nSPS) is 37.3. The summed E-state index contributed by atoms with van der Waals surface area (Å²) >= 11 is 0. The van der Waals surface area contributed by atoms with Crippen molar-refractivity contribution in [3.8, 4) is 0 Å². The lowest BCUT2D eigenvalue weighted by Gasteiger charge is -2.44. The molecule has 2 nitrogen and oxygen atoms in total. The lowest BCUT2D eigenvalue weighted by molar-refractivity contribution is -0.133. The highest BCUT2D eigenvalue weighted by atomic mass is 16.2. The lowest BCUT2D eigenvalue weighted by Crippen LogP contribution is -2.43. The Labute approximate surface area is 106 Å². The minimum atomic E-state index is -0.271. The standard InChI is InChI=1S/C16H16O2/c17-13-7-8-16-9-14(18)15(13)12(16)6-5-10-3-1-2-4-11(10)16/h1-4,12,15H,5-9H2/t12-,15?,16+/m1/s1. The highest BCUT2D eigenvalue weighted by Crippen LogP contribution is 2.58. The molecule has 0 heterocycles. The summed E-state index contributed by atoms with van der Waals surface area (Å²) in [5.41, 5.74) is 2.77. The summed E-state index contributed by atoms with van der Waals surface area (Å²) in [5.74, 6) is 0.435. The van der Waals surface area contributed by atoms with Crippen molar-refractivity contribution in [3.05, 3.63) is 35.4 Å². The Kier molecular flexibility index (Phi) is 1.93. The Morgan fingerprint density at radius 2 is 1.89 bits per heavy atom. The van der Waals surface area contributed by atoms with Crippen LogP contribution in [0.2, 0.25) is 0 Å². The molecule has 92 valence electrons. The summed E-state index contributed by atoms with van der Waals surface area (Å²) in [4.78, 5) is 24.2. The summed E-state index contributed by atoms with van der Waals surface area (Å²) < 4.78 is 0. The van der Waals surface area contributed by atoms with Crippen LogP contribution >= 0.6 is 0 Å². The number of Topliss-reactive ketones (excluding diaryl/α,β-unsaturated/α-hetero) is 2. The third kappa shape index (κ3) is 1.09. The zero-order valence-corrected chi connectivity index (χ0v) is 10.3. The molecule has 0 saturated heterocycles. The average molecular weight is 240 g/mol. The first kappa shape index (κ1) is 10.5. The molecule has 0 aromatic heterocycles. The van der Waals surface area contributed by atoms with Gasteiger partial charge in [0.25, 0.3) is 0 Å². The van der Waals surface area contributed by atoms with Crippen LogP contribution in [-0.4, -0.2) is 11.6 Å². The number of hydrogen-bond donors (Lipinski definition) is 0. The van der Waals surface area contributed by atoms with Gasteiger partial charge in [-0.25, -0.2) is 0 Å². The maximum absolute atomic E-state index is 12.2. The quantitative estimate of drug-likeness (QED) is 0.653. The molecule has 0 N–H and O–H groups in total. The molecule has 4 rings (SSSR count). The van der Waals surface area contributed by atoms with E-state index in [1.807, 2.05) is 0 Å². The molecular formula is C16H16O2. The van der Waals surface area contributed by atoms with Crippen LogP contribution in [0.25, 0.3) is 0 Å². The topological polar surface area (TPSA) is 34.1 Å². The molecule has 0 aliphatic heterocycles. The van der Waals surface area contributed by atoms with Crippen molar-refractivity contribution in [3.63, 3.8) is 0 Å². The Hall–Kier alpha value is -1.44. The molecule has 1 aromatic carbocycles.